The fraction of sp³-hybridized carbons (Fsp3) is 0.800. The first-order valence-electron chi connectivity index (χ1n) is 12.5. The maximum atomic E-state index is 12.8. The predicted octanol–water partition coefficient (Wildman–Crippen LogP) is 1.85. The van der Waals surface area contributed by atoms with Gasteiger partial charge in [-0.1, -0.05) is 31.6 Å². The first-order valence-corrected chi connectivity index (χ1v) is 14.3. The van der Waals surface area contributed by atoms with Gasteiger partial charge in [-0.3, -0.25) is 4.18 Å². The van der Waals surface area contributed by atoms with E-state index in [9.17, 15) is 23.4 Å². The van der Waals surface area contributed by atoms with E-state index >= 15 is 0 Å². The van der Waals surface area contributed by atoms with E-state index in [0.717, 1.165) is 31.1 Å². The van der Waals surface area contributed by atoms with Gasteiger partial charge in [0.15, 0.2) is 0 Å². The topological polar surface area (TPSA) is 123 Å². The van der Waals surface area contributed by atoms with Crippen LogP contribution in [0.3, 0.4) is 0 Å². The number of carbonyl (C=O) groups excluding carboxylic acids is 1. The second-order valence-electron chi connectivity index (χ2n) is 11.6. The van der Waals surface area contributed by atoms with Crippen molar-refractivity contribution < 1.29 is 37.1 Å². The van der Waals surface area contributed by atoms with Gasteiger partial charge in [-0.2, -0.15) is 8.42 Å². The summed E-state index contributed by atoms with van der Waals surface area (Å²) in [5, 5.41) is 22.6. The zero-order chi connectivity index (χ0) is 25.2. The number of allylic oxidation sites excluding steroid dienone is 1. The van der Waals surface area contributed by atoms with Gasteiger partial charge in [0.2, 0.25) is 0 Å². The molecule has 10 heteroatoms. The van der Waals surface area contributed by atoms with Crippen molar-refractivity contribution in [3.05, 3.63) is 23.8 Å². The number of hydrogen-bond donors (Lipinski definition) is 2. The minimum absolute atomic E-state index is 0.0147. The normalized spacial score (nSPS) is 42.9. The molecule has 35 heavy (non-hydrogen) atoms. The molecule has 6 rings (SSSR count). The lowest BCUT2D eigenvalue weighted by Gasteiger charge is -2.73. The third kappa shape index (κ3) is 3.87. The molecule has 7 atom stereocenters. The Bertz CT molecular complexity index is 1040. The van der Waals surface area contributed by atoms with Crippen molar-refractivity contribution in [2.24, 2.45) is 28.1 Å². The average Bonchev–Trinajstić information content (AvgIpc) is 2.79. The number of rotatable bonds is 5. The third-order valence-electron chi connectivity index (χ3n) is 9.57. The van der Waals surface area contributed by atoms with Gasteiger partial charge in [-0.25, -0.2) is 4.79 Å². The second-order valence-corrected chi connectivity index (χ2v) is 13.2. The molecule has 4 fully saturated rings. The molecule has 1 amide bonds. The van der Waals surface area contributed by atoms with E-state index in [-0.39, 0.29) is 31.1 Å². The van der Waals surface area contributed by atoms with E-state index in [4.69, 9.17) is 13.7 Å². The first-order chi connectivity index (χ1) is 16.4. The Labute approximate surface area is 207 Å². The smallest absolute Gasteiger partial charge is 0.409 e. The van der Waals surface area contributed by atoms with Gasteiger partial charge in [0.25, 0.3) is 10.1 Å². The molecule has 0 aromatic heterocycles. The molecule has 2 N–H and O–H groups in total. The van der Waals surface area contributed by atoms with Gasteiger partial charge in [0.1, 0.15) is 0 Å². The molecule has 1 saturated heterocycles. The highest BCUT2D eigenvalue weighted by atomic mass is 32.2. The van der Waals surface area contributed by atoms with Crippen LogP contribution in [0.15, 0.2) is 23.8 Å². The number of amides is 1. The van der Waals surface area contributed by atoms with Crippen molar-refractivity contribution in [1.29, 1.82) is 0 Å². The van der Waals surface area contributed by atoms with Crippen LogP contribution in [0.5, 0.6) is 0 Å². The molecule has 9 nitrogen and oxygen atoms in total. The summed E-state index contributed by atoms with van der Waals surface area (Å²) in [5.74, 6) is -0.362. The Morgan fingerprint density at radius 1 is 1.26 bits per heavy atom. The van der Waals surface area contributed by atoms with Crippen molar-refractivity contribution in [3.8, 4) is 0 Å². The van der Waals surface area contributed by atoms with Gasteiger partial charge in [0.05, 0.1) is 44.9 Å². The number of carbonyl (C=O) groups is 1. The van der Waals surface area contributed by atoms with Crippen LogP contribution >= 0.6 is 0 Å². The van der Waals surface area contributed by atoms with Gasteiger partial charge in [0, 0.05) is 29.3 Å². The Morgan fingerprint density at radius 3 is 2.66 bits per heavy atom. The van der Waals surface area contributed by atoms with Crippen LogP contribution in [0.1, 0.15) is 39.0 Å². The molecule has 5 aliphatic carbocycles. The molecular weight excluding hydrogens is 474 g/mol. The molecule has 2 bridgehead atoms. The molecule has 1 heterocycles. The Kier molecular flexibility index (Phi) is 6.15. The third-order valence-corrected chi connectivity index (χ3v) is 10.1. The number of morpholine rings is 1. The summed E-state index contributed by atoms with van der Waals surface area (Å²) in [6.45, 7) is 8.18. The molecule has 0 aromatic rings. The van der Waals surface area contributed by atoms with Crippen LogP contribution in [0.2, 0.25) is 0 Å². The number of ether oxygens (including phenoxy) is 2. The van der Waals surface area contributed by atoms with Crippen LogP contribution in [-0.2, 0) is 23.8 Å². The number of aliphatic hydroxyl groups excluding tert-OH is 2. The number of nitrogens with zero attached hydrogens (tertiary/aromatic N) is 1. The Balaban J connectivity index is 1.48. The molecule has 2 unspecified atom stereocenters. The zero-order valence-electron chi connectivity index (χ0n) is 20.6. The summed E-state index contributed by atoms with van der Waals surface area (Å²) >= 11 is 0. The lowest BCUT2D eigenvalue weighted by molar-refractivity contribution is -0.254. The average molecular weight is 512 g/mol. The summed E-state index contributed by atoms with van der Waals surface area (Å²) in [6, 6.07) is 0. The van der Waals surface area contributed by atoms with Crippen LogP contribution in [-0.4, -0.2) is 87.6 Å². The number of hydrogen-bond acceptors (Lipinski definition) is 8. The summed E-state index contributed by atoms with van der Waals surface area (Å²) in [5.41, 5.74) is -0.170. The van der Waals surface area contributed by atoms with Gasteiger partial charge >= 0.3 is 6.09 Å². The van der Waals surface area contributed by atoms with Crippen molar-refractivity contribution >= 4 is 16.2 Å². The summed E-state index contributed by atoms with van der Waals surface area (Å²) in [6.07, 6.45) is 4.20. The van der Waals surface area contributed by atoms with E-state index in [0.29, 0.717) is 44.7 Å². The van der Waals surface area contributed by atoms with Gasteiger partial charge in [-0.05, 0) is 43.1 Å². The lowest BCUT2D eigenvalue weighted by atomic mass is 9.32. The van der Waals surface area contributed by atoms with Crippen molar-refractivity contribution in [2.45, 2.75) is 51.2 Å². The largest absolute Gasteiger partial charge is 0.449 e. The molecule has 1 spiro atoms. The maximum absolute atomic E-state index is 12.8. The van der Waals surface area contributed by atoms with Crippen LogP contribution in [0.4, 0.5) is 4.79 Å². The van der Waals surface area contributed by atoms with E-state index < -0.39 is 38.6 Å². The fourth-order valence-corrected chi connectivity index (χ4v) is 8.53. The monoisotopic (exact) mass is 511 g/mol. The molecule has 0 radical (unpaired) electrons. The molecule has 3 saturated carbocycles. The molecule has 1 aliphatic heterocycles. The molecule has 196 valence electrons. The lowest BCUT2D eigenvalue weighted by Crippen LogP contribution is -2.73. The van der Waals surface area contributed by atoms with E-state index in [1.165, 1.54) is 0 Å². The summed E-state index contributed by atoms with van der Waals surface area (Å²) in [4.78, 5) is 14.4. The van der Waals surface area contributed by atoms with Crippen LogP contribution in [0, 0.1) is 28.1 Å². The highest BCUT2D eigenvalue weighted by molar-refractivity contribution is 7.85. The van der Waals surface area contributed by atoms with Crippen LogP contribution in [0.25, 0.3) is 0 Å². The minimum atomic E-state index is -3.70. The van der Waals surface area contributed by atoms with Crippen molar-refractivity contribution in [1.82, 2.24) is 4.90 Å². The van der Waals surface area contributed by atoms with Crippen LogP contribution < -0.4 is 0 Å². The molecular formula is C25H37NO8S. The summed E-state index contributed by atoms with van der Waals surface area (Å²) in [7, 11) is -3.70. The maximum Gasteiger partial charge on any atom is 0.409 e. The standard InChI is InChI=1S/C25H37NO8S/c1-16-11-17-13-25(21(16)28)19(27)12-18-23(2,14-33-22(29)26-7-9-32-10-8-26)5-4-6-24(18,20(17)25)15-34-35(3,30)31/h11,18-21,27-28H,1,4-10,12-15H2,2-3H3/t18?,19-,20?,21+,23+,24+,25+/m1/s1. The molecule has 6 aliphatic rings. The minimum Gasteiger partial charge on any atom is -0.449 e. The van der Waals surface area contributed by atoms with Crippen molar-refractivity contribution in [2.75, 3.05) is 45.8 Å². The fourth-order valence-electron chi connectivity index (χ4n) is 8.10. The van der Waals surface area contributed by atoms with Gasteiger partial charge < -0.3 is 24.6 Å². The summed E-state index contributed by atoms with van der Waals surface area (Å²) < 4.78 is 40.8. The number of fused-ring (bicyclic) bond motifs is 3. The second kappa shape index (κ2) is 8.55. The van der Waals surface area contributed by atoms with E-state index in [2.05, 4.69) is 13.5 Å². The number of aliphatic hydroxyl groups is 2. The SMILES string of the molecule is C=C1C=C2C[C@]3(C2[C@]2(COS(C)(=O)=O)CCC[C@@](C)(COC(=O)N4CCOCC4)C2C[C@H]3O)[C@H]1O. The zero-order valence-corrected chi connectivity index (χ0v) is 21.4. The predicted molar refractivity (Wildman–Crippen MR) is 127 cm³/mol. The first kappa shape index (κ1) is 25.2. The van der Waals surface area contributed by atoms with E-state index in [1.54, 1.807) is 4.90 Å². The van der Waals surface area contributed by atoms with E-state index in [1.807, 2.05) is 6.08 Å². The van der Waals surface area contributed by atoms with Gasteiger partial charge in [-0.15, -0.1) is 0 Å². The van der Waals surface area contributed by atoms with Crippen molar-refractivity contribution in [3.63, 3.8) is 0 Å². The Morgan fingerprint density at radius 2 is 1.97 bits per heavy atom. The quantitative estimate of drug-likeness (QED) is 0.536. The Hall–Kier alpha value is -1.46. The highest BCUT2D eigenvalue weighted by Gasteiger charge is 2.74. The highest BCUT2D eigenvalue weighted by Crippen LogP contribution is 2.75. The molecule has 0 aromatic carbocycles.